The van der Waals surface area contributed by atoms with E-state index in [1.807, 2.05) is 0 Å². The molecule has 20 heavy (non-hydrogen) atoms. The van der Waals surface area contributed by atoms with Gasteiger partial charge in [-0.05, 0) is 49.9 Å². The molecule has 1 aromatic rings. The van der Waals surface area contributed by atoms with Gasteiger partial charge < -0.3 is 5.32 Å². The number of rotatable bonds is 2. The molecule has 0 aromatic heterocycles. The highest BCUT2D eigenvalue weighted by molar-refractivity contribution is 7.89. The Balaban J connectivity index is 1.90. The standard InChI is InChI=1S/C14H19FN2O2S/c1-10-2-3-12(15)14(8-10)20(18,19)17-7-5-13-11(9-17)4-6-16-13/h2-3,8,11,13,16H,4-7,9H2,1H3. The van der Waals surface area contributed by atoms with Gasteiger partial charge in [-0.2, -0.15) is 4.31 Å². The van der Waals surface area contributed by atoms with Gasteiger partial charge in [0, 0.05) is 19.1 Å². The van der Waals surface area contributed by atoms with Crippen LogP contribution in [0.2, 0.25) is 0 Å². The van der Waals surface area contributed by atoms with Gasteiger partial charge in [-0.3, -0.25) is 0 Å². The third kappa shape index (κ3) is 2.36. The molecule has 0 radical (unpaired) electrons. The van der Waals surface area contributed by atoms with Crippen LogP contribution in [-0.2, 0) is 10.0 Å². The van der Waals surface area contributed by atoms with E-state index in [0.717, 1.165) is 24.9 Å². The summed E-state index contributed by atoms with van der Waals surface area (Å²) in [6, 6.07) is 4.65. The molecule has 0 bridgehead atoms. The smallest absolute Gasteiger partial charge is 0.246 e. The van der Waals surface area contributed by atoms with Gasteiger partial charge in [-0.15, -0.1) is 0 Å². The van der Waals surface area contributed by atoms with Crippen molar-refractivity contribution >= 4 is 10.0 Å². The minimum atomic E-state index is -3.72. The second-order valence-electron chi connectivity index (χ2n) is 5.69. The molecule has 0 amide bonds. The lowest BCUT2D eigenvalue weighted by Gasteiger charge is -2.34. The molecule has 0 saturated carbocycles. The fraction of sp³-hybridized carbons (Fsp3) is 0.571. The number of sulfonamides is 1. The molecular weight excluding hydrogens is 279 g/mol. The summed E-state index contributed by atoms with van der Waals surface area (Å²) in [6.07, 6.45) is 1.80. The highest BCUT2D eigenvalue weighted by atomic mass is 32.2. The predicted molar refractivity (Wildman–Crippen MR) is 74.4 cm³/mol. The van der Waals surface area contributed by atoms with Crippen molar-refractivity contribution in [2.75, 3.05) is 19.6 Å². The lowest BCUT2D eigenvalue weighted by Crippen LogP contribution is -2.46. The Morgan fingerprint density at radius 3 is 2.95 bits per heavy atom. The first-order valence-electron chi connectivity index (χ1n) is 6.98. The molecule has 2 unspecified atom stereocenters. The molecule has 2 atom stereocenters. The summed E-state index contributed by atoms with van der Waals surface area (Å²) in [5.41, 5.74) is 0.752. The maximum absolute atomic E-state index is 13.9. The number of piperidine rings is 1. The summed E-state index contributed by atoms with van der Waals surface area (Å²) in [4.78, 5) is -0.193. The zero-order valence-corrected chi connectivity index (χ0v) is 12.3. The Hall–Kier alpha value is -0.980. The minimum Gasteiger partial charge on any atom is -0.314 e. The third-order valence-electron chi connectivity index (χ3n) is 4.32. The van der Waals surface area contributed by atoms with Crippen LogP contribution in [0.3, 0.4) is 0 Å². The number of hydrogen-bond donors (Lipinski definition) is 1. The zero-order valence-electron chi connectivity index (χ0n) is 11.5. The highest BCUT2D eigenvalue weighted by Crippen LogP contribution is 2.29. The molecule has 4 nitrogen and oxygen atoms in total. The minimum absolute atomic E-state index is 0.193. The molecule has 2 aliphatic heterocycles. The quantitative estimate of drug-likeness (QED) is 0.900. The largest absolute Gasteiger partial charge is 0.314 e. The van der Waals surface area contributed by atoms with E-state index in [9.17, 15) is 12.8 Å². The molecule has 0 aliphatic carbocycles. The average Bonchev–Trinajstić information content (AvgIpc) is 2.88. The first kappa shape index (κ1) is 14.0. The van der Waals surface area contributed by atoms with Gasteiger partial charge in [-0.25, -0.2) is 12.8 Å². The van der Waals surface area contributed by atoms with Crippen LogP contribution in [-0.4, -0.2) is 38.4 Å². The summed E-state index contributed by atoms with van der Waals surface area (Å²) in [6.45, 7) is 3.67. The Bertz CT molecular complexity index is 618. The van der Waals surface area contributed by atoms with Crippen LogP contribution in [0.25, 0.3) is 0 Å². The number of hydrogen-bond acceptors (Lipinski definition) is 3. The molecule has 2 saturated heterocycles. The van der Waals surface area contributed by atoms with Gasteiger partial charge in [0.05, 0.1) is 0 Å². The Kier molecular flexibility index (Phi) is 3.56. The highest BCUT2D eigenvalue weighted by Gasteiger charge is 2.38. The van der Waals surface area contributed by atoms with Gasteiger partial charge in [0.15, 0.2) is 0 Å². The maximum atomic E-state index is 13.9. The van der Waals surface area contributed by atoms with E-state index in [-0.39, 0.29) is 4.90 Å². The fourth-order valence-corrected chi connectivity index (χ4v) is 4.84. The summed E-state index contributed by atoms with van der Waals surface area (Å²) >= 11 is 0. The van der Waals surface area contributed by atoms with E-state index in [2.05, 4.69) is 5.32 Å². The maximum Gasteiger partial charge on any atom is 0.246 e. The second kappa shape index (κ2) is 5.09. The third-order valence-corrected chi connectivity index (χ3v) is 6.20. The number of nitrogens with one attached hydrogen (secondary N) is 1. The lowest BCUT2D eigenvalue weighted by atomic mass is 9.95. The average molecular weight is 298 g/mol. The van der Waals surface area contributed by atoms with Crippen molar-refractivity contribution in [2.24, 2.45) is 5.92 Å². The fourth-order valence-electron chi connectivity index (χ4n) is 3.18. The molecule has 1 N–H and O–H groups in total. The zero-order chi connectivity index (χ0) is 14.3. The first-order chi connectivity index (χ1) is 9.48. The van der Waals surface area contributed by atoms with Gasteiger partial charge in [0.1, 0.15) is 10.7 Å². The van der Waals surface area contributed by atoms with Crippen LogP contribution in [0.15, 0.2) is 23.1 Å². The van der Waals surface area contributed by atoms with Crippen molar-refractivity contribution in [2.45, 2.75) is 30.7 Å². The molecule has 6 heteroatoms. The Labute approximate surface area is 119 Å². The van der Waals surface area contributed by atoms with Gasteiger partial charge >= 0.3 is 0 Å². The number of fused-ring (bicyclic) bond motifs is 1. The molecule has 2 aliphatic rings. The van der Waals surface area contributed by atoms with Gasteiger partial charge in [0.2, 0.25) is 10.0 Å². The van der Waals surface area contributed by atoms with E-state index in [1.165, 1.54) is 16.4 Å². The van der Waals surface area contributed by atoms with Crippen LogP contribution in [0.5, 0.6) is 0 Å². The van der Waals surface area contributed by atoms with Crippen molar-refractivity contribution < 1.29 is 12.8 Å². The second-order valence-corrected chi connectivity index (χ2v) is 7.60. The first-order valence-corrected chi connectivity index (χ1v) is 8.42. The van der Waals surface area contributed by atoms with Crippen molar-refractivity contribution in [3.05, 3.63) is 29.6 Å². The topological polar surface area (TPSA) is 49.4 Å². The van der Waals surface area contributed by atoms with Crippen LogP contribution < -0.4 is 5.32 Å². The normalized spacial score (nSPS) is 27.5. The van der Waals surface area contributed by atoms with E-state index < -0.39 is 15.8 Å². The summed E-state index contributed by atoms with van der Waals surface area (Å²) in [7, 11) is -3.72. The van der Waals surface area contributed by atoms with Crippen molar-refractivity contribution in [3.63, 3.8) is 0 Å². The molecule has 2 heterocycles. The SMILES string of the molecule is Cc1ccc(F)c(S(=O)(=O)N2CCC3NCCC3C2)c1. The summed E-state index contributed by atoms with van der Waals surface area (Å²) in [5.74, 6) is -0.311. The molecule has 3 rings (SSSR count). The van der Waals surface area contributed by atoms with Crippen LogP contribution >= 0.6 is 0 Å². The predicted octanol–water partition coefficient (Wildman–Crippen LogP) is 1.51. The van der Waals surface area contributed by atoms with Crippen LogP contribution in [0.1, 0.15) is 18.4 Å². The van der Waals surface area contributed by atoms with Crippen molar-refractivity contribution in [3.8, 4) is 0 Å². The number of halogens is 1. The summed E-state index contributed by atoms with van der Waals surface area (Å²) in [5, 5.41) is 3.40. The summed E-state index contributed by atoms with van der Waals surface area (Å²) < 4.78 is 40.5. The molecular formula is C14H19FN2O2S. The van der Waals surface area contributed by atoms with Gasteiger partial charge in [0.25, 0.3) is 0 Å². The van der Waals surface area contributed by atoms with E-state index in [0.29, 0.717) is 25.0 Å². The molecule has 1 aromatic carbocycles. The Morgan fingerprint density at radius 1 is 1.35 bits per heavy atom. The number of aryl methyl sites for hydroxylation is 1. The molecule has 0 spiro atoms. The van der Waals surface area contributed by atoms with E-state index in [1.54, 1.807) is 13.0 Å². The van der Waals surface area contributed by atoms with Crippen LogP contribution in [0.4, 0.5) is 4.39 Å². The Morgan fingerprint density at radius 2 is 2.15 bits per heavy atom. The number of nitrogens with zero attached hydrogens (tertiary/aromatic N) is 1. The van der Waals surface area contributed by atoms with Crippen LogP contribution in [0, 0.1) is 18.7 Å². The number of benzene rings is 1. The van der Waals surface area contributed by atoms with E-state index >= 15 is 0 Å². The van der Waals surface area contributed by atoms with Crippen molar-refractivity contribution in [1.82, 2.24) is 9.62 Å². The van der Waals surface area contributed by atoms with E-state index in [4.69, 9.17) is 0 Å². The monoisotopic (exact) mass is 298 g/mol. The van der Waals surface area contributed by atoms with Crippen molar-refractivity contribution in [1.29, 1.82) is 0 Å². The van der Waals surface area contributed by atoms with Gasteiger partial charge in [-0.1, -0.05) is 6.07 Å². The molecule has 110 valence electrons. The molecule has 2 fully saturated rings. The lowest BCUT2D eigenvalue weighted by molar-refractivity contribution is 0.246.